The molecular formula is C20H20BrN5O2. The summed E-state index contributed by atoms with van der Waals surface area (Å²) in [6.45, 7) is 1.31. The first-order chi connectivity index (χ1) is 13.6. The number of hydrogen-bond acceptors (Lipinski definition) is 4. The summed E-state index contributed by atoms with van der Waals surface area (Å²) >= 11 is 3.34. The average Bonchev–Trinajstić information content (AvgIpc) is 3.16. The van der Waals surface area contributed by atoms with E-state index in [0.29, 0.717) is 18.7 Å². The molecule has 3 heterocycles. The fourth-order valence-corrected chi connectivity index (χ4v) is 3.76. The Labute approximate surface area is 170 Å². The molecule has 0 unspecified atom stereocenters. The van der Waals surface area contributed by atoms with E-state index in [4.69, 9.17) is 0 Å². The molecule has 0 bridgehead atoms. The molecule has 1 saturated heterocycles. The van der Waals surface area contributed by atoms with Gasteiger partial charge in [0.05, 0.1) is 6.54 Å². The van der Waals surface area contributed by atoms with Crippen molar-refractivity contribution in [2.24, 2.45) is 0 Å². The zero-order valence-corrected chi connectivity index (χ0v) is 16.8. The Morgan fingerprint density at radius 3 is 2.57 bits per heavy atom. The van der Waals surface area contributed by atoms with E-state index < -0.39 is 0 Å². The highest BCUT2D eigenvalue weighted by molar-refractivity contribution is 9.10. The number of benzene rings is 1. The van der Waals surface area contributed by atoms with Crippen LogP contribution in [0, 0.1) is 0 Å². The van der Waals surface area contributed by atoms with E-state index in [1.165, 1.54) is 0 Å². The molecule has 0 atom stereocenters. The topological polar surface area (TPSA) is 79.6 Å². The third kappa shape index (κ3) is 3.91. The minimum atomic E-state index is -0.245. The number of nitrogens with zero attached hydrogens (tertiary/aromatic N) is 4. The quantitative estimate of drug-likeness (QED) is 0.674. The molecule has 1 N–H and O–H groups in total. The minimum absolute atomic E-state index is 0.00737. The van der Waals surface area contributed by atoms with Crippen LogP contribution in [0.2, 0.25) is 0 Å². The van der Waals surface area contributed by atoms with Gasteiger partial charge in [0.1, 0.15) is 5.82 Å². The maximum atomic E-state index is 12.5. The van der Waals surface area contributed by atoms with Gasteiger partial charge in [-0.1, -0.05) is 22.0 Å². The van der Waals surface area contributed by atoms with E-state index in [0.717, 1.165) is 28.8 Å². The lowest BCUT2D eigenvalue weighted by Crippen LogP contribution is -2.43. The first-order valence-electron chi connectivity index (χ1n) is 9.23. The number of carbonyl (C=O) groups is 2. The van der Waals surface area contributed by atoms with E-state index in [9.17, 15) is 9.59 Å². The molecule has 7 nitrogen and oxygen atoms in total. The molecule has 144 valence electrons. The predicted octanol–water partition coefficient (Wildman–Crippen LogP) is 2.63. The Balaban J connectivity index is 1.30. The number of piperidine rings is 1. The van der Waals surface area contributed by atoms with Crippen molar-refractivity contribution in [1.82, 2.24) is 24.8 Å². The van der Waals surface area contributed by atoms with Crippen LogP contribution < -0.4 is 5.32 Å². The Morgan fingerprint density at radius 1 is 1.07 bits per heavy atom. The lowest BCUT2D eigenvalue weighted by molar-refractivity contribution is -0.131. The zero-order valence-electron chi connectivity index (χ0n) is 15.2. The van der Waals surface area contributed by atoms with E-state index in [2.05, 4.69) is 31.4 Å². The summed E-state index contributed by atoms with van der Waals surface area (Å²) in [7, 11) is 0. The number of rotatable bonds is 4. The molecule has 1 fully saturated rings. The highest BCUT2D eigenvalue weighted by Crippen LogP contribution is 2.27. The minimum Gasteiger partial charge on any atom is -0.343 e. The van der Waals surface area contributed by atoms with Gasteiger partial charge in [-0.3, -0.25) is 14.0 Å². The monoisotopic (exact) mass is 441 g/mol. The number of halogens is 1. The number of carbonyl (C=O) groups excluding carboxylic acids is 2. The number of nitrogens with one attached hydrogen (secondary N) is 1. The molecule has 28 heavy (non-hydrogen) atoms. The molecule has 1 aliphatic rings. The average molecular weight is 442 g/mol. The van der Waals surface area contributed by atoms with Crippen LogP contribution in [0.4, 0.5) is 0 Å². The molecular weight excluding hydrogens is 422 g/mol. The highest BCUT2D eigenvalue weighted by atomic mass is 79.9. The van der Waals surface area contributed by atoms with Crippen molar-refractivity contribution < 1.29 is 9.59 Å². The fraction of sp³-hybridized carbons (Fsp3) is 0.300. The van der Waals surface area contributed by atoms with Crippen LogP contribution in [0.1, 0.15) is 34.9 Å². The number of aromatic nitrogens is 3. The molecule has 2 aromatic heterocycles. The molecule has 2 amide bonds. The first kappa shape index (κ1) is 18.6. The molecule has 0 aliphatic carbocycles. The second kappa shape index (κ2) is 8.10. The van der Waals surface area contributed by atoms with Crippen molar-refractivity contribution in [3.63, 3.8) is 0 Å². The van der Waals surface area contributed by atoms with Gasteiger partial charge in [0.25, 0.3) is 5.91 Å². The zero-order chi connectivity index (χ0) is 19.5. The normalized spacial score (nSPS) is 15.0. The maximum absolute atomic E-state index is 12.5. The van der Waals surface area contributed by atoms with Crippen molar-refractivity contribution in [2.45, 2.75) is 18.8 Å². The predicted molar refractivity (Wildman–Crippen MR) is 108 cm³/mol. The van der Waals surface area contributed by atoms with Gasteiger partial charge in [0, 0.05) is 35.2 Å². The van der Waals surface area contributed by atoms with E-state index >= 15 is 0 Å². The number of fused-ring (bicyclic) bond motifs is 1. The number of likely N-dealkylation sites (tertiary alicyclic amines) is 1. The largest absolute Gasteiger partial charge is 0.343 e. The molecule has 1 aromatic carbocycles. The lowest BCUT2D eigenvalue weighted by atomic mass is 9.96. The SMILES string of the molecule is O=C(NCC(=O)N1CCC(c2nnc3ccccn23)CC1)c1ccc(Br)cc1. The summed E-state index contributed by atoms with van der Waals surface area (Å²) in [6, 6.07) is 12.9. The van der Waals surface area contributed by atoms with Crippen molar-refractivity contribution in [3.8, 4) is 0 Å². The molecule has 8 heteroatoms. The van der Waals surface area contributed by atoms with Crippen molar-refractivity contribution >= 4 is 33.4 Å². The van der Waals surface area contributed by atoms with Gasteiger partial charge in [0.15, 0.2) is 5.65 Å². The third-order valence-electron chi connectivity index (χ3n) is 5.06. The summed E-state index contributed by atoms with van der Waals surface area (Å²) in [5.74, 6) is 0.922. The van der Waals surface area contributed by atoms with Crippen LogP contribution in [-0.4, -0.2) is 50.9 Å². The van der Waals surface area contributed by atoms with Gasteiger partial charge in [-0.25, -0.2) is 0 Å². The van der Waals surface area contributed by atoms with Gasteiger partial charge in [-0.05, 0) is 49.2 Å². The summed E-state index contributed by atoms with van der Waals surface area (Å²) in [4.78, 5) is 26.4. The molecule has 1 aliphatic heterocycles. The number of pyridine rings is 1. The van der Waals surface area contributed by atoms with Crippen LogP contribution >= 0.6 is 15.9 Å². The van der Waals surface area contributed by atoms with E-state index in [1.54, 1.807) is 24.3 Å². The van der Waals surface area contributed by atoms with Gasteiger partial charge in [-0.15, -0.1) is 10.2 Å². The molecule has 4 rings (SSSR count). The van der Waals surface area contributed by atoms with Crippen LogP contribution in [0.25, 0.3) is 5.65 Å². The Bertz CT molecular complexity index is 993. The van der Waals surface area contributed by atoms with Crippen molar-refractivity contribution in [1.29, 1.82) is 0 Å². The van der Waals surface area contributed by atoms with Crippen LogP contribution in [0.5, 0.6) is 0 Å². The Morgan fingerprint density at radius 2 is 1.82 bits per heavy atom. The second-order valence-electron chi connectivity index (χ2n) is 6.83. The number of amides is 2. The van der Waals surface area contributed by atoms with Crippen LogP contribution in [0.15, 0.2) is 53.1 Å². The van der Waals surface area contributed by atoms with Crippen LogP contribution in [0.3, 0.4) is 0 Å². The standard InChI is InChI=1S/C20H20BrN5O2/c21-16-6-4-15(5-7-16)20(28)22-13-18(27)25-11-8-14(9-12-25)19-24-23-17-3-1-2-10-26(17)19/h1-7,10,14H,8-9,11-13H2,(H,22,28). The first-order valence-corrected chi connectivity index (χ1v) is 10.0. The Kier molecular flexibility index (Phi) is 5.38. The van der Waals surface area contributed by atoms with Crippen LogP contribution in [-0.2, 0) is 4.79 Å². The van der Waals surface area contributed by atoms with Gasteiger partial charge >= 0.3 is 0 Å². The van der Waals surface area contributed by atoms with Gasteiger partial charge < -0.3 is 10.2 Å². The van der Waals surface area contributed by atoms with Crippen molar-refractivity contribution in [3.05, 3.63) is 64.5 Å². The second-order valence-corrected chi connectivity index (χ2v) is 7.75. The van der Waals surface area contributed by atoms with E-state index in [-0.39, 0.29) is 24.3 Å². The molecule has 3 aromatic rings. The smallest absolute Gasteiger partial charge is 0.251 e. The molecule has 0 saturated carbocycles. The summed E-state index contributed by atoms with van der Waals surface area (Å²) in [5, 5.41) is 11.3. The summed E-state index contributed by atoms with van der Waals surface area (Å²) < 4.78 is 2.92. The fourth-order valence-electron chi connectivity index (χ4n) is 3.50. The lowest BCUT2D eigenvalue weighted by Gasteiger charge is -2.31. The van der Waals surface area contributed by atoms with Gasteiger partial charge in [0.2, 0.25) is 5.91 Å². The van der Waals surface area contributed by atoms with Crippen molar-refractivity contribution in [2.75, 3.05) is 19.6 Å². The number of hydrogen-bond donors (Lipinski definition) is 1. The highest BCUT2D eigenvalue weighted by Gasteiger charge is 2.26. The van der Waals surface area contributed by atoms with E-state index in [1.807, 2.05) is 33.7 Å². The molecule has 0 radical (unpaired) electrons. The van der Waals surface area contributed by atoms with Gasteiger partial charge in [-0.2, -0.15) is 0 Å². The maximum Gasteiger partial charge on any atom is 0.251 e. The molecule has 0 spiro atoms. The summed E-state index contributed by atoms with van der Waals surface area (Å²) in [5.41, 5.74) is 1.38. The third-order valence-corrected chi connectivity index (χ3v) is 5.59. The summed E-state index contributed by atoms with van der Waals surface area (Å²) in [6.07, 6.45) is 3.64. The Hall–Kier alpha value is -2.74.